The van der Waals surface area contributed by atoms with E-state index in [-0.39, 0.29) is 0 Å². The highest BCUT2D eigenvalue weighted by atomic mass is 16.5. The molecule has 0 radical (unpaired) electrons. The van der Waals surface area contributed by atoms with Crippen LogP contribution >= 0.6 is 0 Å². The first kappa shape index (κ1) is 16.3. The Balaban J connectivity index is 1.75. The molecule has 2 N–H and O–H groups in total. The predicted octanol–water partition coefficient (Wildman–Crippen LogP) is 3.55. The van der Waals surface area contributed by atoms with Crippen LogP contribution in [0.3, 0.4) is 0 Å². The second kappa shape index (κ2) is 5.54. The van der Waals surface area contributed by atoms with Crippen molar-refractivity contribution in [1.82, 2.24) is 9.97 Å². The summed E-state index contributed by atoms with van der Waals surface area (Å²) in [7, 11) is 3.27. The first-order chi connectivity index (χ1) is 13.6. The number of aromatic nitrogens is 2. The van der Waals surface area contributed by atoms with Crippen molar-refractivity contribution in [3.05, 3.63) is 59.8 Å². The van der Waals surface area contributed by atoms with Crippen molar-refractivity contribution in [2.24, 2.45) is 4.99 Å². The van der Waals surface area contributed by atoms with Crippen molar-refractivity contribution in [3.8, 4) is 5.75 Å². The normalized spacial score (nSPS) is 19.2. The Morgan fingerprint density at radius 3 is 2.96 bits per heavy atom. The summed E-state index contributed by atoms with van der Waals surface area (Å²) in [6, 6.07) is 5.49. The molecule has 0 saturated heterocycles. The van der Waals surface area contributed by atoms with Gasteiger partial charge in [0.05, 0.1) is 30.0 Å². The number of anilines is 1. The monoisotopic (exact) mass is 372 g/mol. The topological polar surface area (TPSA) is 82.7 Å². The lowest BCUT2D eigenvalue weighted by Crippen LogP contribution is -2.51. The number of ether oxygens (including phenoxy) is 2. The molecule has 28 heavy (non-hydrogen) atoms. The maximum atomic E-state index is 12.2. The van der Waals surface area contributed by atoms with E-state index in [1.165, 1.54) is 7.11 Å². The fraction of sp³-hybridized carbons (Fsp3) is 0.143. The van der Waals surface area contributed by atoms with Crippen LogP contribution in [0, 0.1) is 0 Å². The molecule has 2 aliphatic rings. The lowest BCUT2D eigenvalue weighted by atomic mass is 10.00. The van der Waals surface area contributed by atoms with E-state index >= 15 is 0 Å². The first-order valence-corrected chi connectivity index (χ1v) is 8.64. The molecule has 0 bridgehead atoms. The molecule has 0 aliphatic carbocycles. The van der Waals surface area contributed by atoms with E-state index in [0.717, 1.165) is 22.3 Å². The largest absolute Gasteiger partial charge is 0.465 e. The van der Waals surface area contributed by atoms with Crippen LogP contribution in [0.1, 0.15) is 15.9 Å². The molecule has 4 heterocycles. The number of nitrogens with one attached hydrogen (secondary N) is 2. The molecule has 0 fully saturated rings. The predicted molar refractivity (Wildman–Crippen MR) is 106 cm³/mol. The molecule has 2 aliphatic heterocycles. The zero-order valence-electron chi connectivity index (χ0n) is 15.3. The molecule has 5 rings (SSSR count). The standard InChI is InChI=1S/C21H16N4O3/c1-4-5-15-12-6-9-23-19(12)25(2)21(15)11-24-16-10-14(20(26)27-3)17-13(7-8-22-17)18(16)28-21/h6-11,22-23H,1H2,2-3H3. The molecular formula is C21H16N4O3. The Bertz CT molecular complexity index is 1270. The zero-order valence-corrected chi connectivity index (χ0v) is 15.3. The van der Waals surface area contributed by atoms with E-state index in [1.807, 2.05) is 30.3 Å². The van der Waals surface area contributed by atoms with Gasteiger partial charge in [-0.2, -0.15) is 0 Å². The van der Waals surface area contributed by atoms with Crippen molar-refractivity contribution in [1.29, 1.82) is 0 Å². The second-order valence-electron chi connectivity index (χ2n) is 6.56. The molecule has 3 aromatic rings. The van der Waals surface area contributed by atoms with Crippen LogP contribution in [0.25, 0.3) is 16.5 Å². The van der Waals surface area contributed by atoms with Gasteiger partial charge in [0.15, 0.2) is 5.75 Å². The van der Waals surface area contributed by atoms with Crippen molar-refractivity contribution < 1.29 is 14.3 Å². The summed E-state index contributed by atoms with van der Waals surface area (Å²) in [4.78, 5) is 25.1. The Morgan fingerprint density at radius 1 is 1.36 bits per heavy atom. The van der Waals surface area contributed by atoms with Crippen LogP contribution in [-0.4, -0.2) is 42.0 Å². The van der Waals surface area contributed by atoms with Crippen LogP contribution in [-0.2, 0) is 4.74 Å². The number of hydrogen-bond donors (Lipinski definition) is 2. The van der Waals surface area contributed by atoms with Crippen LogP contribution in [0.5, 0.6) is 5.75 Å². The number of hydrogen-bond acceptors (Lipinski definition) is 5. The minimum atomic E-state index is -0.989. The van der Waals surface area contributed by atoms with Crippen molar-refractivity contribution in [2.45, 2.75) is 5.72 Å². The van der Waals surface area contributed by atoms with Gasteiger partial charge in [-0.25, -0.2) is 4.79 Å². The lowest BCUT2D eigenvalue weighted by molar-refractivity contribution is 0.0603. The number of likely N-dealkylation sites (N-methyl/N-ethyl adjacent to an activating group) is 1. The number of aliphatic imine (C=N–C) groups is 1. The fourth-order valence-corrected chi connectivity index (χ4v) is 3.89. The summed E-state index contributed by atoms with van der Waals surface area (Å²) in [5.41, 5.74) is 8.15. The van der Waals surface area contributed by atoms with E-state index in [0.29, 0.717) is 22.5 Å². The number of H-pyrrole nitrogens is 2. The average Bonchev–Trinajstić information content (AvgIpc) is 3.42. The lowest BCUT2D eigenvalue weighted by Gasteiger charge is -2.37. The molecule has 138 valence electrons. The summed E-state index contributed by atoms with van der Waals surface area (Å²) in [5, 5.41) is 0.750. The van der Waals surface area contributed by atoms with Crippen molar-refractivity contribution >= 4 is 40.2 Å². The van der Waals surface area contributed by atoms with Gasteiger partial charge in [0.25, 0.3) is 5.72 Å². The SMILES string of the molecule is C=C=C=C1c2cc[nH]c2N(C)C12C=Nc1cc(C(=O)OC)c3[nH]ccc3c1O2. The maximum Gasteiger partial charge on any atom is 0.340 e. The maximum absolute atomic E-state index is 12.2. The third-order valence-corrected chi connectivity index (χ3v) is 5.22. The number of carbonyl (C=O) groups is 1. The second-order valence-corrected chi connectivity index (χ2v) is 6.56. The van der Waals surface area contributed by atoms with Gasteiger partial charge in [-0.1, -0.05) is 11.5 Å². The van der Waals surface area contributed by atoms with Gasteiger partial charge in [0.2, 0.25) is 0 Å². The van der Waals surface area contributed by atoms with Gasteiger partial charge >= 0.3 is 5.97 Å². The zero-order chi connectivity index (χ0) is 19.5. The molecule has 0 saturated carbocycles. The number of esters is 1. The summed E-state index contributed by atoms with van der Waals surface area (Å²) < 4.78 is 11.5. The number of methoxy groups -OCH3 is 1. The molecule has 7 heteroatoms. The van der Waals surface area contributed by atoms with E-state index in [9.17, 15) is 4.79 Å². The molecule has 1 atom stereocenters. The number of carbonyl (C=O) groups excluding carboxylic acids is 1. The molecule has 7 nitrogen and oxygen atoms in total. The molecule has 1 spiro atoms. The highest BCUT2D eigenvalue weighted by molar-refractivity contribution is 6.10. The number of aromatic amines is 2. The number of benzene rings is 1. The molecule has 1 unspecified atom stereocenters. The quantitative estimate of drug-likeness (QED) is 0.506. The third-order valence-electron chi connectivity index (χ3n) is 5.22. The van der Waals surface area contributed by atoms with Gasteiger partial charge in [-0.05, 0) is 24.8 Å². The van der Waals surface area contributed by atoms with E-state index in [1.54, 1.807) is 18.5 Å². The summed E-state index contributed by atoms with van der Waals surface area (Å²) in [5.74, 6) is 1.03. The third kappa shape index (κ3) is 1.89. The molecule has 2 aromatic heterocycles. The van der Waals surface area contributed by atoms with Gasteiger partial charge < -0.3 is 24.3 Å². The minimum absolute atomic E-state index is 0.407. The van der Waals surface area contributed by atoms with E-state index in [2.05, 4.69) is 33.0 Å². The Hall–Kier alpha value is -3.92. The first-order valence-electron chi connectivity index (χ1n) is 8.64. The van der Waals surface area contributed by atoms with Gasteiger partial charge in [0.1, 0.15) is 11.5 Å². The van der Waals surface area contributed by atoms with Gasteiger partial charge in [0, 0.05) is 30.4 Å². The molecular weight excluding hydrogens is 356 g/mol. The number of nitrogens with zero attached hydrogens (tertiary/aromatic N) is 2. The molecule has 1 aromatic carbocycles. The Labute approximate surface area is 160 Å². The number of fused-ring (bicyclic) bond motifs is 4. The Kier molecular flexibility index (Phi) is 3.22. The van der Waals surface area contributed by atoms with Gasteiger partial charge in [-0.3, -0.25) is 4.99 Å². The Morgan fingerprint density at radius 2 is 2.18 bits per heavy atom. The summed E-state index contributed by atoms with van der Waals surface area (Å²) in [6.45, 7) is 3.67. The van der Waals surface area contributed by atoms with E-state index in [4.69, 9.17) is 9.47 Å². The fourth-order valence-electron chi connectivity index (χ4n) is 3.89. The highest BCUT2D eigenvalue weighted by Crippen LogP contribution is 2.50. The van der Waals surface area contributed by atoms with Crippen molar-refractivity contribution in [2.75, 3.05) is 19.1 Å². The minimum Gasteiger partial charge on any atom is -0.465 e. The average molecular weight is 372 g/mol. The van der Waals surface area contributed by atoms with Crippen LogP contribution in [0.4, 0.5) is 11.5 Å². The van der Waals surface area contributed by atoms with Gasteiger partial charge in [-0.15, -0.1) is 0 Å². The van der Waals surface area contributed by atoms with Crippen LogP contribution in [0.2, 0.25) is 0 Å². The summed E-state index contributed by atoms with van der Waals surface area (Å²) >= 11 is 0. The van der Waals surface area contributed by atoms with E-state index < -0.39 is 11.7 Å². The highest BCUT2D eigenvalue weighted by Gasteiger charge is 2.51. The van der Waals surface area contributed by atoms with Crippen LogP contribution < -0.4 is 9.64 Å². The summed E-state index contributed by atoms with van der Waals surface area (Å²) in [6.07, 6.45) is 5.33. The van der Waals surface area contributed by atoms with Crippen LogP contribution in [0.15, 0.2) is 53.6 Å². The van der Waals surface area contributed by atoms with Crippen molar-refractivity contribution in [3.63, 3.8) is 0 Å². The smallest absolute Gasteiger partial charge is 0.340 e. The number of rotatable bonds is 1. The molecule has 0 amide bonds.